The molecule has 18 heavy (non-hydrogen) atoms. The van der Waals surface area contributed by atoms with E-state index in [1.807, 2.05) is 0 Å². The minimum absolute atomic E-state index is 0.383. The van der Waals surface area contributed by atoms with E-state index in [9.17, 15) is 4.79 Å². The number of furan rings is 1. The standard InChI is InChI=1S/C14H15NO3/c1-17-14(16)9-6-7-10(15)12-8-4-2-3-5-11(8)18-13(9)12/h6-7H,2-5,15H2,1H3. The van der Waals surface area contributed by atoms with E-state index < -0.39 is 0 Å². The summed E-state index contributed by atoms with van der Waals surface area (Å²) >= 11 is 0. The van der Waals surface area contributed by atoms with Crippen molar-refractivity contribution in [3.63, 3.8) is 0 Å². The van der Waals surface area contributed by atoms with Crippen LogP contribution in [0.5, 0.6) is 0 Å². The molecular formula is C14H15NO3. The van der Waals surface area contributed by atoms with Crippen molar-refractivity contribution in [3.05, 3.63) is 29.0 Å². The Labute approximate surface area is 105 Å². The van der Waals surface area contributed by atoms with Crippen molar-refractivity contribution in [2.45, 2.75) is 25.7 Å². The highest BCUT2D eigenvalue weighted by Crippen LogP contribution is 2.37. The van der Waals surface area contributed by atoms with Crippen molar-refractivity contribution >= 4 is 22.6 Å². The van der Waals surface area contributed by atoms with Crippen LogP contribution in [0.1, 0.15) is 34.5 Å². The van der Waals surface area contributed by atoms with Gasteiger partial charge in [-0.1, -0.05) is 0 Å². The number of carbonyl (C=O) groups excluding carboxylic acids is 1. The van der Waals surface area contributed by atoms with E-state index in [2.05, 4.69) is 0 Å². The number of hydrogen-bond acceptors (Lipinski definition) is 4. The summed E-state index contributed by atoms with van der Waals surface area (Å²) in [4.78, 5) is 11.7. The molecule has 3 rings (SSSR count). The van der Waals surface area contributed by atoms with Crippen LogP contribution in [0.2, 0.25) is 0 Å². The number of fused-ring (bicyclic) bond motifs is 3. The molecule has 0 radical (unpaired) electrons. The van der Waals surface area contributed by atoms with Gasteiger partial charge < -0.3 is 14.9 Å². The molecule has 0 saturated heterocycles. The molecule has 1 heterocycles. The Hall–Kier alpha value is -1.97. The third-order valence-electron chi connectivity index (χ3n) is 3.54. The molecule has 2 aromatic rings. The molecule has 0 unspecified atom stereocenters. The Morgan fingerprint density at radius 1 is 1.33 bits per heavy atom. The first kappa shape index (κ1) is 11.1. The Bertz CT molecular complexity index is 627. The highest BCUT2D eigenvalue weighted by atomic mass is 16.5. The summed E-state index contributed by atoms with van der Waals surface area (Å²) < 4.78 is 10.6. The van der Waals surface area contributed by atoms with Gasteiger partial charge in [0.15, 0.2) is 5.58 Å². The molecule has 2 N–H and O–H groups in total. The SMILES string of the molecule is COC(=O)c1ccc(N)c2c3c(oc12)CCCC3. The molecule has 4 nitrogen and oxygen atoms in total. The molecular weight excluding hydrogens is 230 g/mol. The summed E-state index contributed by atoms with van der Waals surface area (Å²) in [5, 5.41) is 0.896. The number of rotatable bonds is 1. The molecule has 0 amide bonds. The zero-order valence-electron chi connectivity index (χ0n) is 10.3. The van der Waals surface area contributed by atoms with Crippen LogP contribution in [0.3, 0.4) is 0 Å². The van der Waals surface area contributed by atoms with Crippen LogP contribution in [-0.4, -0.2) is 13.1 Å². The van der Waals surface area contributed by atoms with Crippen LogP contribution in [-0.2, 0) is 17.6 Å². The molecule has 94 valence electrons. The third-order valence-corrected chi connectivity index (χ3v) is 3.54. The second-order valence-corrected chi connectivity index (χ2v) is 4.61. The minimum atomic E-state index is -0.383. The second kappa shape index (κ2) is 4.05. The van der Waals surface area contributed by atoms with Crippen LogP contribution in [0.4, 0.5) is 5.69 Å². The van der Waals surface area contributed by atoms with Crippen LogP contribution >= 0.6 is 0 Å². The number of nitrogen functional groups attached to an aromatic ring is 1. The van der Waals surface area contributed by atoms with Gasteiger partial charge in [-0.25, -0.2) is 4.79 Å². The maximum absolute atomic E-state index is 11.7. The summed E-state index contributed by atoms with van der Waals surface area (Å²) in [5.74, 6) is 0.588. The van der Waals surface area contributed by atoms with Crippen molar-refractivity contribution in [1.82, 2.24) is 0 Å². The van der Waals surface area contributed by atoms with Crippen LogP contribution in [0.25, 0.3) is 11.0 Å². The number of anilines is 1. The molecule has 1 aromatic carbocycles. The van der Waals surface area contributed by atoms with Crippen molar-refractivity contribution in [2.75, 3.05) is 12.8 Å². The van der Waals surface area contributed by atoms with Gasteiger partial charge in [-0.15, -0.1) is 0 Å². The van der Waals surface area contributed by atoms with Crippen molar-refractivity contribution in [2.24, 2.45) is 0 Å². The van der Waals surface area contributed by atoms with E-state index in [-0.39, 0.29) is 5.97 Å². The number of aryl methyl sites for hydroxylation is 2. The fourth-order valence-electron chi connectivity index (χ4n) is 2.66. The number of nitrogens with two attached hydrogens (primary N) is 1. The Morgan fingerprint density at radius 3 is 2.89 bits per heavy atom. The molecule has 0 aliphatic heterocycles. The molecule has 0 fully saturated rings. The fraction of sp³-hybridized carbons (Fsp3) is 0.357. The summed E-state index contributed by atoms with van der Waals surface area (Å²) in [5.41, 5.74) is 8.89. The number of ether oxygens (including phenoxy) is 1. The van der Waals surface area contributed by atoms with Crippen LogP contribution < -0.4 is 5.73 Å². The first-order valence-corrected chi connectivity index (χ1v) is 6.13. The van der Waals surface area contributed by atoms with E-state index in [1.165, 1.54) is 12.7 Å². The highest BCUT2D eigenvalue weighted by Gasteiger charge is 2.23. The lowest BCUT2D eigenvalue weighted by molar-refractivity contribution is 0.0601. The van der Waals surface area contributed by atoms with Crippen LogP contribution in [0, 0.1) is 0 Å². The first-order chi connectivity index (χ1) is 8.72. The van der Waals surface area contributed by atoms with E-state index in [4.69, 9.17) is 14.9 Å². The lowest BCUT2D eigenvalue weighted by Crippen LogP contribution is -2.03. The quantitative estimate of drug-likeness (QED) is 0.619. The fourth-order valence-corrected chi connectivity index (χ4v) is 2.66. The van der Waals surface area contributed by atoms with Gasteiger partial charge in [0, 0.05) is 23.1 Å². The van der Waals surface area contributed by atoms with Crippen molar-refractivity contribution < 1.29 is 13.9 Å². The first-order valence-electron chi connectivity index (χ1n) is 6.13. The lowest BCUT2D eigenvalue weighted by Gasteiger charge is -2.09. The Balaban J connectivity index is 2.32. The second-order valence-electron chi connectivity index (χ2n) is 4.61. The average molecular weight is 245 g/mol. The van der Waals surface area contributed by atoms with Gasteiger partial charge in [-0.2, -0.15) is 0 Å². The summed E-state index contributed by atoms with van der Waals surface area (Å²) in [6, 6.07) is 3.41. The van der Waals surface area contributed by atoms with E-state index >= 15 is 0 Å². The van der Waals surface area contributed by atoms with E-state index in [1.54, 1.807) is 12.1 Å². The van der Waals surface area contributed by atoms with Gasteiger partial charge in [0.05, 0.1) is 7.11 Å². The lowest BCUT2D eigenvalue weighted by atomic mass is 9.94. The molecule has 4 heteroatoms. The smallest absolute Gasteiger partial charge is 0.341 e. The van der Waals surface area contributed by atoms with Gasteiger partial charge in [-0.05, 0) is 31.4 Å². The largest absolute Gasteiger partial charge is 0.465 e. The molecule has 1 aromatic heterocycles. The summed E-state index contributed by atoms with van der Waals surface area (Å²) in [7, 11) is 1.37. The van der Waals surface area contributed by atoms with Crippen molar-refractivity contribution in [3.8, 4) is 0 Å². The maximum Gasteiger partial charge on any atom is 0.341 e. The topological polar surface area (TPSA) is 65.5 Å². The summed E-state index contributed by atoms with van der Waals surface area (Å²) in [6.07, 6.45) is 4.16. The number of benzene rings is 1. The number of esters is 1. The number of carbonyl (C=O) groups is 1. The third kappa shape index (κ3) is 1.49. The normalized spacial score (nSPS) is 14.5. The highest BCUT2D eigenvalue weighted by molar-refractivity contribution is 6.07. The maximum atomic E-state index is 11.7. The Kier molecular flexibility index (Phi) is 2.51. The number of methoxy groups -OCH3 is 1. The molecule has 1 aliphatic rings. The summed E-state index contributed by atoms with van der Waals surface area (Å²) in [6.45, 7) is 0. The van der Waals surface area contributed by atoms with Gasteiger partial charge in [0.1, 0.15) is 11.3 Å². The molecule has 0 bridgehead atoms. The molecule has 1 aliphatic carbocycles. The minimum Gasteiger partial charge on any atom is -0.465 e. The zero-order valence-corrected chi connectivity index (χ0v) is 10.3. The average Bonchev–Trinajstić information content (AvgIpc) is 2.78. The molecule has 0 spiro atoms. The van der Waals surface area contributed by atoms with Gasteiger partial charge in [-0.3, -0.25) is 0 Å². The van der Waals surface area contributed by atoms with Crippen molar-refractivity contribution in [1.29, 1.82) is 0 Å². The predicted octanol–water partition coefficient (Wildman–Crippen LogP) is 2.68. The monoisotopic (exact) mass is 245 g/mol. The predicted molar refractivity (Wildman–Crippen MR) is 68.6 cm³/mol. The van der Waals surface area contributed by atoms with Gasteiger partial charge in [0.2, 0.25) is 0 Å². The zero-order chi connectivity index (χ0) is 12.7. The Morgan fingerprint density at radius 2 is 2.11 bits per heavy atom. The molecule has 0 atom stereocenters. The number of hydrogen-bond donors (Lipinski definition) is 1. The molecule has 0 saturated carbocycles. The van der Waals surface area contributed by atoms with Crippen LogP contribution in [0.15, 0.2) is 16.5 Å². The van der Waals surface area contributed by atoms with E-state index in [0.717, 1.165) is 36.8 Å². The van der Waals surface area contributed by atoms with Gasteiger partial charge in [0.25, 0.3) is 0 Å². The van der Waals surface area contributed by atoms with E-state index in [0.29, 0.717) is 16.8 Å². The van der Waals surface area contributed by atoms with Gasteiger partial charge >= 0.3 is 5.97 Å².